The van der Waals surface area contributed by atoms with Gasteiger partial charge in [-0.05, 0) is 63.3 Å². The maximum Gasteiger partial charge on any atom is 0.412 e. The number of thiazole rings is 1. The van der Waals surface area contributed by atoms with Crippen LogP contribution in [0.25, 0.3) is 21.1 Å². The molecule has 3 heterocycles. The number of H-pyrrole nitrogens is 1. The van der Waals surface area contributed by atoms with Crippen molar-refractivity contribution in [2.75, 3.05) is 0 Å². The van der Waals surface area contributed by atoms with E-state index in [0.29, 0.717) is 5.01 Å². The summed E-state index contributed by atoms with van der Waals surface area (Å²) in [6.07, 6.45) is 4.61. The van der Waals surface area contributed by atoms with E-state index in [1.807, 2.05) is 69.3 Å². The molecule has 2 aromatic carbocycles. The zero-order chi connectivity index (χ0) is 26.7. The number of fused-ring (bicyclic) bond motifs is 4. The van der Waals surface area contributed by atoms with Crippen molar-refractivity contribution in [1.82, 2.24) is 14.9 Å². The number of aliphatic carboxylic acids is 1. The third-order valence-electron chi connectivity index (χ3n) is 7.95. The Morgan fingerprint density at radius 3 is 2.50 bits per heavy atom. The summed E-state index contributed by atoms with van der Waals surface area (Å²) < 4.78 is 6.87. The van der Waals surface area contributed by atoms with Crippen molar-refractivity contribution in [2.45, 2.75) is 76.5 Å². The molecule has 8 heteroatoms. The second-order valence-electron chi connectivity index (χ2n) is 11.6. The number of carboxylic acids is 1. The van der Waals surface area contributed by atoms with E-state index in [1.165, 1.54) is 11.3 Å². The normalized spacial score (nSPS) is 22.5. The van der Waals surface area contributed by atoms with Crippen LogP contribution in [0.2, 0.25) is 0 Å². The van der Waals surface area contributed by atoms with Crippen molar-refractivity contribution in [3.63, 3.8) is 0 Å². The van der Waals surface area contributed by atoms with Crippen LogP contribution in [-0.2, 0) is 21.5 Å². The van der Waals surface area contributed by atoms with Crippen molar-refractivity contribution in [1.29, 1.82) is 0 Å². The maximum atomic E-state index is 14.2. The van der Waals surface area contributed by atoms with Crippen molar-refractivity contribution in [3.8, 4) is 0 Å². The van der Waals surface area contributed by atoms with E-state index in [9.17, 15) is 14.7 Å². The molecule has 1 aliphatic carbocycles. The standard InChI is InChI=1S/C30H33N3O4S/c1-29(2,3)37-28(36)33-25(18-11-5-4-6-12-18)24-20(19-13-7-8-14-21(19)31-24)17-30(33,27(34)35)26-32-22-15-9-10-16-23(22)38-26/h7-10,13-16,18,25,31H,4-6,11-12,17H2,1-3H3,(H,34,35)/t25-,30-/m0/s1. The van der Waals surface area contributed by atoms with Crippen LogP contribution in [0, 0.1) is 5.92 Å². The lowest BCUT2D eigenvalue weighted by Crippen LogP contribution is -2.61. The molecule has 7 nitrogen and oxygen atoms in total. The van der Waals surface area contributed by atoms with Gasteiger partial charge in [0.25, 0.3) is 0 Å². The zero-order valence-electron chi connectivity index (χ0n) is 22.0. The van der Waals surface area contributed by atoms with E-state index in [2.05, 4.69) is 4.98 Å². The molecule has 1 amide bonds. The topological polar surface area (TPSA) is 95.5 Å². The molecule has 2 atom stereocenters. The molecule has 1 aliphatic heterocycles. The van der Waals surface area contributed by atoms with Gasteiger partial charge in [0.15, 0.2) is 5.54 Å². The number of nitrogens with zero attached hydrogens (tertiary/aromatic N) is 2. The minimum atomic E-state index is -1.70. The summed E-state index contributed by atoms with van der Waals surface area (Å²) in [5, 5.41) is 12.6. The van der Waals surface area contributed by atoms with Gasteiger partial charge in [0.2, 0.25) is 0 Å². The van der Waals surface area contributed by atoms with Crippen LogP contribution in [0.3, 0.4) is 0 Å². The van der Waals surface area contributed by atoms with E-state index in [1.54, 1.807) is 4.90 Å². The van der Waals surface area contributed by atoms with Gasteiger partial charge in [-0.15, -0.1) is 11.3 Å². The predicted molar refractivity (Wildman–Crippen MR) is 148 cm³/mol. The van der Waals surface area contributed by atoms with Crippen LogP contribution in [0.15, 0.2) is 48.5 Å². The summed E-state index contributed by atoms with van der Waals surface area (Å²) in [7, 11) is 0. The molecule has 2 aromatic heterocycles. The minimum absolute atomic E-state index is 0.108. The largest absolute Gasteiger partial charge is 0.479 e. The summed E-state index contributed by atoms with van der Waals surface area (Å²) in [5.41, 5.74) is 1.09. The smallest absolute Gasteiger partial charge is 0.412 e. The third kappa shape index (κ3) is 3.97. The first-order chi connectivity index (χ1) is 18.2. The summed E-state index contributed by atoms with van der Waals surface area (Å²) in [6, 6.07) is 15.2. The first-order valence-corrected chi connectivity index (χ1v) is 14.2. The Balaban J connectivity index is 1.66. The van der Waals surface area contributed by atoms with Crippen LogP contribution < -0.4 is 0 Å². The quantitative estimate of drug-likeness (QED) is 0.292. The van der Waals surface area contributed by atoms with Gasteiger partial charge in [0.05, 0.1) is 16.3 Å². The average Bonchev–Trinajstić information content (AvgIpc) is 3.48. The Morgan fingerprint density at radius 2 is 1.79 bits per heavy atom. The molecule has 1 saturated carbocycles. The summed E-state index contributed by atoms with van der Waals surface area (Å²) in [5.74, 6) is -0.976. The number of amides is 1. The number of aromatic amines is 1. The summed E-state index contributed by atoms with van der Waals surface area (Å²) >= 11 is 1.35. The molecule has 2 aliphatic rings. The predicted octanol–water partition coefficient (Wildman–Crippen LogP) is 7.17. The van der Waals surface area contributed by atoms with Crippen molar-refractivity contribution in [3.05, 3.63) is 64.8 Å². The first-order valence-electron chi connectivity index (χ1n) is 13.4. The number of hydrogen-bond donors (Lipinski definition) is 2. The fourth-order valence-corrected chi connectivity index (χ4v) is 7.49. The zero-order valence-corrected chi connectivity index (χ0v) is 22.8. The van der Waals surface area contributed by atoms with E-state index in [4.69, 9.17) is 9.72 Å². The highest BCUT2D eigenvalue weighted by molar-refractivity contribution is 7.18. The second kappa shape index (κ2) is 9.12. The molecule has 4 aromatic rings. The molecule has 6 rings (SSSR count). The molecule has 38 heavy (non-hydrogen) atoms. The molecule has 1 fully saturated rings. The van der Waals surface area contributed by atoms with E-state index >= 15 is 0 Å². The van der Waals surface area contributed by atoms with Gasteiger partial charge in [-0.2, -0.15) is 0 Å². The Kier molecular flexibility index (Phi) is 5.98. The number of carboxylic acid groups (broad SMARTS) is 1. The number of rotatable bonds is 3. The lowest BCUT2D eigenvalue weighted by atomic mass is 9.74. The number of nitrogens with one attached hydrogen (secondary N) is 1. The molecule has 0 radical (unpaired) electrons. The average molecular weight is 532 g/mol. The van der Waals surface area contributed by atoms with Gasteiger partial charge in [0.1, 0.15) is 10.6 Å². The highest BCUT2D eigenvalue weighted by Crippen LogP contribution is 2.53. The number of hydrogen-bond acceptors (Lipinski definition) is 5. The maximum absolute atomic E-state index is 14.2. The molecular weight excluding hydrogens is 498 g/mol. The van der Waals surface area contributed by atoms with Gasteiger partial charge in [-0.1, -0.05) is 49.6 Å². The van der Waals surface area contributed by atoms with Crippen LogP contribution in [0.4, 0.5) is 4.79 Å². The van der Waals surface area contributed by atoms with E-state index in [-0.39, 0.29) is 12.3 Å². The number of para-hydroxylation sites is 2. The van der Waals surface area contributed by atoms with Crippen molar-refractivity contribution >= 4 is 44.5 Å². The fourth-order valence-electron chi connectivity index (χ4n) is 6.35. The lowest BCUT2D eigenvalue weighted by molar-refractivity contribution is -0.157. The monoisotopic (exact) mass is 531 g/mol. The van der Waals surface area contributed by atoms with Crippen molar-refractivity contribution < 1.29 is 19.4 Å². The molecule has 0 bridgehead atoms. The van der Waals surface area contributed by atoms with Crippen LogP contribution in [-0.4, -0.2) is 37.6 Å². The molecule has 198 valence electrons. The van der Waals surface area contributed by atoms with Crippen LogP contribution >= 0.6 is 11.3 Å². The van der Waals surface area contributed by atoms with Gasteiger partial charge < -0.3 is 14.8 Å². The Bertz CT molecular complexity index is 1490. The van der Waals surface area contributed by atoms with E-state index < -0.39 is 29.2 Å². The molecule has 0 unspecified atom stereocenters. The van der Waals surface area contributed by atoms with Crippen LogP contribution in [0.1, 0.15) is 75.2 Å². The number of benzene rings is 2. The summed E-state index contributed by atoms with van der Waals surface area (Å²) in [4.78, 5) is 37.8. The Labute approximate surface area is 225 Å². The van der Waals surface area contributed by atoms with Gasteiger partial charge in [-0.3, -0.25) is 4.90 Å². The lowest BCUT2D eigenvalue weighted by Gasteiger charge is -2.50. The number of aromatic nitrogens is 2. The fraction of sp³-hybridized carbons (Fsp3) is 0.433. The number of carbonyl (C=O) groups excluding carboxylic acids is 1. The molecule has 0 saturated heterocycles. The molecule has 0 spiro atoms. The first kappa shape index (κ1) is 24.9. The highest BCUT2D eigenvalue weighted by atomic mass is 32.1. The SMILES string of the molecule is CC(C)(C)OC(=O)N1[C@@H](C2CCCCC2)c2[nH]c3ccccc3c2C[C@@]1(C(=O)O)c1nc2ccccc2s1. The van der Waals surface area contributed by atoms with E-state index in [0.717, 1.165) is 64.5 Å². The van der Waals surface area contributed by atoms with Gasteiger partial charge in [-0.25, -0.2) is 14.6 Å². The summed E-state index contributed by atoms with van der Waals surface area (Å²) in [6.45, 7) is 5.46. The third-order valence-corrected chi connectivity index (χ3v) is 9.14. The number of ether oxygens (including phenoxy) is 1. The highest BCUT2D eigenvalue weighted by Gasteiger charge is 2.60. The van der Waals surface area contributed by atoms with Gasteiger partial charge >= 0.3 is 12.1 Å². The minimum Gasteiger partial charge on any atom is -0.479 e. The second-order valence-corrected chi connectivity index (χ2v) is 12.6. The number of carbonyl (C=O) groups is 2. The van der Waals surface area contributed by atoms with Gasteiger partial charge in [0, 0.05) is 23.0 Å². The molecule has 2 N–H and O–H groups in total. The molecular formula is C30H33N3O4S. The van der Waals surface area contributed by atoms with Crippen LogP contribution in [0.5, 0.6) is 0 Å². The van der Waals surface area contributed by atoms with Crippen molar-refractivity contribution in [2.24, 2.45) is 5.92 Å². The Hall–Kier alpha value is -3.39. The Morgan fingerprint density at radius 1 is 1.08 bits per heavy atom.